The van der Waals surface area contributed by atoms with Crippen LogP contribution in [0, 0.1) is 11.6 Å². The molecule has 5 nitrogen and oxygen atoms in total. The minimum Gasteiger partial charge on any atom is -0.354 e. The summed E-state index contributed by atoms with van der Waals surface area (Å²) in [7, 11) is 0. The zero-order valence-electron chi connectivity index (χ0n) is 13.7. The number of amides is 1. The maximum absolute atomic E-state index is 13.6. The van der Waals surface area contributed by atoms with Crippen LogP contribution in [0.3, 0.4) is 0 Å². The first kappa shape index (κ1) is 17.5. The monoisotopic (exact) mass is 354 g/mol. The van der Waals surface area contributed by atoms with Gasteiger partial charge in [-0.25, -0.2) is 18.7 Å². The highest BCUT2D eigenvalue weighted by molar-refractivity contribution is 6.03. The third kappa shape index (κ3) is 4.60. The van der Waals surface area contributed by atoms with Gasteiger partial charge in [0.25, 0.3) is 5.91 Å². The Kier molecular flexibility index (Phi) is 5.48. The van der Waals surface area contributed by atoms with E-state index in [1.165, 1.54) is 36.5 Å². The number of halogens is 2. The van der Waals surface area contributed by atoms with Crippen LogP contribution in [0.4, 0.5) is 20.4 Å². The van der Waals surface area contributed by atoms with Crippen LogP contribution in [0.1, 0.15) is 16.1 Å². The molecule has 7 heteroatoms. The SMILES string of the molecule is O=C(Nc1ccccc1F)c1ccnc(NCCc2ccc(F)cc2)n1. The summed E-state index contributed by atoms with van der Waals surface area (Å²) in [6.45, 7) is 0.518. The van der Waals surface area contributed by atoms with Gasteiger partial charge in [0.05, 0.1) is 5.69 Å². The number of aromatic nitrogens is 2. The van der Waals surface area contributed by atoms with Gasteiger partial charge in [-0.15, -0.1) is 0 Å². The minimum absolute atomic E-state index is 0.0851. The Balaban J connectivity index is 1.59. The van der Waals surface area contributed by atoms with Gasteiger partial charge in [-0.3, -0.25) is 4.79 Å². The van der Waals surface area contributed by atoms with E-state index in [9.17, 15) is 13.6 Å². The Morgan fingerprint density at radius 3 is 2.54 bits per heavy atom. The maximum Gasteiger partial charge on any atom is 0.274 e. The number of nitrogens with one attached hydrogen (secondary N) is 2. The van der Waals surface area contributed by atoms with Gasteiger partial charge in [-0.2, -0.15) is 0 Å². The van der Waals surface area contributed by atoms with Crippen LogP contribution < -0.4 is 10.6 Å². The molecule has 26 heavy (non-hydrogen) atoms. The molecule has 0 spiro atoms. The molecule has 1 heterocycles. The van der Waals surface area contributed by atoms with Crippen LogP contribution in [0.25, 0.3) is 0 Å². The van der Waals surface area contributed by atoms with Crippen molar-refractivity contribution in [3.63, 3.8) is 0 Å². The number of hydrogen-bond donors (Lipinski definition) is 2. The van der Waals surface area contributed by atoms with Crippen LogP contribution in [0.5, 0.6) is 0 Å². The molecular formula is C19H16F2N4O. The smallest absolute Gasteiger partial charge is 0.274 e. The molecule has 0 aliphatic rings. The summed E-state index contributed by atoms with van der Waals surface area (Å²) in [6.07, 6.45) is 2.10. The molecule has 1 amide bonds. The second kappa shape index (κ2) is 8.15. The van der Waals surface area contributed by atoms with Crippen molar-refractivity contribution in [3.05, 3.63) is 83.7 Å². The van der Waals surface area contributed by atoms with Gasteiger partial charge in [0.2, 0.25) is 5.95 Å². The molecule has 132 valence electrons. The number of para-hydroxylation sites is 1. The van der Waals surface area contributed by atoms with Gasteiger partial charge in [0, 0.05) is 12.7 Å². The van der Waals surface area contributed by atoms with E-state index >= 15 is 0 Å². The van der Waals surface area contributed by atoms with Gasteiger partial charge < -0.3 is 10.6 Å². The summed E-state index contributed by atoms with van der Waals surface area (Å²) in [5.41, 5.74) is 1.17. The molecule has 1 aromatic heterocycles. The Hall–Kier alpha value is -3.35. The highest BCUT2D eigenvalue weighted by Gasteiger charge is 2.11. The molecule has 3 aromatic rings. The molecular weight excluding hydrogens is 338 g/mol. The van der Waals surface area contributed by atoms with Gasteiger partial charge in [0.1, 0.15) is 17.3 Å². The molecule has 2 aromatic carbocycles. The third-order valence-corrected chi connectivity index (χ3v) is 3.62. The number of anilines is 2. The lowest BCUT2D eigenvalue weighted by Gasteiger charge is -2.08. The Bertz CT molecular complexity index is 900. The van der Waals surface area contributed by atoms with Crippen LogP contribution in [0.2, 0.25) is 0 Å². The average molecular weight is 354 g/mol. The lowest BCUT2D eigenvalue weighted by atomic mass is 10.1. The predicted octanol–water partition coefficient (Wildman–Crippen LogP) is 3.66. The molecule has 0 unspecified atom stereocenters. The summed E-state index contributed by atoms with van der Waals surface area (Å²) in [6, 6.07) is 13.6. The molecule has 0 atom stereocenters. The van der Waals surface area contributed by atoms with Crippen molar-refractivity contribution in [1.82, 2.24) is 9.97 Å². The third-order valence-electron chi connectivity index (χ3n) is 3.62. The number of nitrogens with zero attached hydrogens (tertiary/aromatic N) is 2. The molecule has 0 radical (unpaired) electrons. The summed E-state index contributed by atoms with van der Waals surface area (Å²) < 4.78 is 26.5. The van der Waals surface area contributed by atoms with Crippen LogP contribution >= 0.6 is 0 Å². The fourth-order valence-electron chi connectivity index (χ4n) is 2.29. The second-order valence-corrected chi connectivity index (χ2v) is 5.50. The van der Waals surface area contributed by atoms with Crippen LogP contribution in [-0.2, 0) is 6.42 Å². The zero-order valence-corrected chi connectivity index (χ0v) is 13.7. The summed E-state index contributed by atoms with van der Waals surface area (Å²) >= 11 is 0. The highest BCUT2D eigenvalue weighted by Crippen LogP contribution is 2.13. The topological polar surface area (TPSA) is 66.9 Å². The molecule has 2 N–H and O–H groups in total. The minimum atomic E-state index is -0.529. The van der Waals surface area contributed by atoms with Crippen molar-refractivity contribution in [2.24, 2.45) is 0 Å². The van der Waals surface area contributed by atoms with Crippen molar-refractivity contribution in [3.8, 4) is 0 Å². The Morgan fingerprint density at radius 2 is 1.77 bits per heavy atom. The van der Waals surface area contributed by atoms with Crippen molar-refractivity contribution in [2.75, 3.05) is 17.2 Å². The fraction of sp³-hybridized carbons (Fsp3) is 0.105. The lowest BCUT2D eigenvalue weighted by molar-refractivity contribution is 0.102. The van der Waals surface area contributed by atoms with Gasteiger partial charge in [-0.05, 0) is 42.3 Å². The average Bonchev–Trinajstić information content (AvgIpc) is 2.65. The van der Waals surface area contributed by atoms with E-state index in [-0.39, 0.29) is 23.1 Å². The summed E-state index contributed by atoms with van der Waals surface area (Å²) in [5.74, 6) is -1.04. The number of carbonyl (C=O) groups excluding carboxylic acids is 1. The molecule has 0 saturated heterocycles. The van der Waals surface area contributed by atoms with E-state index < -0.39 is 11.7 Å². The van der Waals surface area contributed by atoms with Crippen LogP contribution in [-0.4, -0.2) is 22.4 Å². The molecule has 0 saturated carbocycles. The Morgan fingerprint density at radius 1 is 1.00 bits per heavy atom. The highest BCUT2D eigenvalue weighted by atomic mass is 19.1. The molecule has 0 aliphatic carbocycles. The van der Waals surface area contributed by atoms with E-state index in [0.717, 1.165) is 5.56 Å². The van der Waals surface area contributed by atoms with Crippen molar-refractivity contribution >= 4 is 17.5 Å². The van der Waals surface area contributed by atoms with Crippen molar-refractivity contribution in [1.29, 1.82) is 0 Å². The second-order valence-electron chi connectivity index (χ2n) is 5.50. The van der Waals surface area contributed by atoms with Crippen molar-refractivity contribution in [2.45, 2.75) is 6.42 Å². The fourth-order valence-corrected chi connectivity index (χ4v) is 2.29. The quantitative estimate of drug-likeness (QED) is 0.709. The van der Waals surface area contributed by atoms with E-state index in [2.05, 4.69) is 20.6 Å². The zero-order chi connectivity index (χ0) is 18.4. The van der Waals surface area contributed by atoms with E-state index in [1.54, 1.807) is 24.3 Å². The maximum atomic E-state index is 13.6. The molecule has 0 bridgehead atoms. The lowest BCUT2D eigenvalue weighted by Crippen LogP contribution is -2.16. The first-order valence-corrected chi connectivity index (χ1v) is 7.99. The normalized spacial score (nSPS) is 10.4. The molecule has 0 aliphatic heterocycles. The first-order valence-electron chi connectivity index (χ1n) is 7.99. The predicted molar refractivity (Wildman–Crippen MR) is 95.0 cm³/mol. The van der Waals surface area contributed by atoms with E-state index in [1.807, 2.05) is 0 Å². The van der Waals surface area contributed by atoms with Gasteiger partial charge in [-0.1, -0.05) is 24.3 Å². The van der Waals surface area contributed by atoms with Crippen molar-refractivity contribution < 1.29 is 13.6 Å². The van der Waals surface area contributed by atoms with E-state index in [0.29, 0.717) is 13.0 Å². The summed E-state index contributed by atoms with van der Waals surface area (Å²) in [4.78, 5) is 20.4. The van der Waals surface area contributed by atoms with E-state index in [4.69, 9.17) is 0 Å². The van der Waals surface area contributed by atoms with Gasteiger partial charge >= 0.3 is 0 Å². The number of hydrogen-bond acceptors (Lipinski definition) is 4. The standard InChI is InChI=1S/C19H16F2N4O/c20-14-7-5-13(6-8-14)9-11-22-19-23-12-10-17(25-19)18(26)24-16-4-2-1-3-15(16)21/h1-8,10,12H,9,11H2,(H,24,26)(H,22,23,25). The van der Waals surface area contributed by atoms with Crippen LogP contribution in [0.15, 0.2) is 60.8 Å². The number of rotatable bonds is 6. The molecule has 3 rings (SSSR count). The largest absolute Gasteiger partial charge is 0.354 e. The Labute approximate surface area is 149 Å². The number of carbonyl (C=O) groups is 1. The van der Waals surface area contributed by atoms with Gasteiger partial charge in [0.15, 0.2) is 0 Å². The number of benzene rings is 2. The first-order chi connectivity index (χ1) is 12.6. The summed E-state index contributed by atoms with van der Waals surface area (Å²) in [5, 5.41) is 5.48. The molecule has 0 fully saturated rings.